The zero-order valence-electron chi connectivity index (χ0n) is 19.1. The van der Waals surface area contributed by atoms with Crippen LogP contribution in [0.5, 0.6) is 11.5 Å². The van der Waals surface area contributed by atoms with E-state index in [4.69, 9.17) is 18.9 Å². The zero-order chi connectivity index (χ0) is 21.8. The van der Waals surface area contributed by atoms with E-state index in [9.17, 15) is 4.79 Å². The van der Waals surface area contributed by atoms with Crippen molar-refractivity contribution in [3.05, 3.63) is 23.3 Å². The summed E-state index contributed by atoms with van der Waals surface area (Å²) < 4.78 is 23.0. The first-order valence-corrected chi connectivity index (χ1v) is 11.5. The van der Waals surface area contributed by atoms with Crippen LogP contribution in [0.3, 0.4) is 0 Å². The number of carbonyl (C=O) groups excluding carboxylic acids is 1. The third-order valence-corrected chi connectivity index (χ3v) is 7.09. The molecule has 3 aliphatic heterocycles. The molecule has 3 aliphatic rings. The molecule has 3 fully saturated rings. The molecule has 31 heavy (non-hydrogen) atoms. The maximum absolute atomic E-state index is 12.2. The summed E-state index contributed by atoms with van der Waals surface area (Å²) in [6.07, 6.45) is 5.79. The number of nitrogens with one attached hydrogen (secondary N) is 1. The van der Waals surface area contributed by atoms with Crippen LogP contribution in [-0.4, -0.2) is 69.1 Å². The van der Waals surface area contributed by atoms with Gasteiger partial charge in [-0.25, -0.2) is 0 Å². The van der Waals surface area contributed by atoms with Gasteiger partial charge in [-0.15, -0.1) is 0 Å². The van der Waals surface area contributed by atoms with Crippen LogP contribution < -0.4 is 14.8 Å². The lowest BCUT2D eigenvalue weighted by Gasteiger charge is -2.39. The lowest BCUT2D eigenvalue weighted by molar-refractivity contribution is -0.131. The van der Waals surface area contributed by atoms with Crippen LogP contribution in [0.1, 0.15) is 49.7 Å². The van der Waals surface area contributed by atoms with Crippen molar-refractivity contribution in [2.24, 2.45) is 0 Å². The standard InChI is InChI=1S/C24H36N2O5/c1-17-20(28-2)7-6-18(22(17)29-3)16-26-12-10-24(11-13-26)9-8-19(31-24)15-25-23(27)21-5-4-14-30-21/h6-7,19,21H,4-5,8-16H2,1-3H3,(H,25,27)/t19-,21+/m1/s1. The van der Waals surface area contributed by atoms with E-state index in [-0.39, 0.29) is 23.7 Å². The molecule has 4 rings (SSSR count). The number of ether oxygens (including phenoxy) is 4. The van der Waals surface area contributed by atoms with E-state index in [1.165, 1.54) is 5.56 Å². The molecule has 1 aromatic rings. The van der Waals surface area contributed by atoms with E-state index in [0.717, 1.165) is 75.2 Å². The molecule has 7 heteroatoms. The van der Waals surface area contributed by atoms with Crippen molar-refractivity contribution in [1.82, 2.24) is 10.2 Å². The first kappa shape index (κ1) is 22.4. The highest BCUT2D eigenvalue weighted by atomic mass is 16.5. The Kier molecular flexibility index (Phi) is 7.04. The fourth-order valence-corrected chi connectivity index (χ4v) is 5.24. The van der Waals surface area contributed by atoms with Crippen molar-refractivity contribution in [1.29, 1.82) is 0 Å². The molecule has 7 nitrogen and oxygen atoms in total. The van der Waals surface area contributed by atoms with Crippen molar-refractivity contribution in [2.45, 2.75) is 69.8 Å². The Hall–Kier alpha value is -1.83. The van der Waals surface area contributed by atoms with Crippen LogP contribution in [-0.2, 0) is 20.8 Å². The third-order valence-electron chi connectivity index (χ3n) is 7.09. The third kappa shape index (κ3) is 4.99. The quantitative estimate of drug-likeness (QED) is 0.715. The van der Waals surface area contributed by atoms with E-state index in [0.29, 0.717) is 13.2 Å². The number of hydrogen-bond donors (Lipinski definition) is 1. The number of carbonyl (C=O) groups is 1. The zero-order valence-corrected chi connectivity index (χ0v) is 19.1. The number of benzene rings is 1. The SMILES string of the molecule is COc1ccc(CN2CCC3(CC[C@H](CNC(=O)[C@@H]4CCCO4)O3)CC2)c(OC)c1C. The Morgan fingerprint density at radius 3 is 2.68 bits per heavy atom. The van der Waals surface area contributed by atoms with Crippen LogP contribution >= 0.6 is 0 Å². The molecule has 0 bridgehead atoms. The van der Waals surface area contributed by atoms with Gasteiger partial charge in [-0.2, -0.15) is 0 Å². The molecule has 0 saturated carbocycles. The molecule has 1 spiro atoms. The summed E-state index contributed by atoms with van der Waals surface area (Å²) >= 11 is 0. The second-order valence-corrected chi connectivity index (χ2v) is 9.07. The molecular weight excluding hydrogens is 396 g/mol. The lowest BCUT2D eigenvalue weighted by Crippen LogP contribution is -2.45. The number of piperidine rings is 1. The van der Waals surface area contributed by atoms with Gasteiger partial charge in [0.05, 0.1) is 25.9 Å². The molecule has 2 atom stereocenters. The first-order chi connectivity index (χ1) is 15.0. The molecule has 1 N–H and O–H groups in total. The van der Waals surface area contributed by atoms with Crippen LogP contribution in [0.2, 0.25) is 0 Å². The minimum atomic E-state index is -0.266. The van der Waals surface area contributed by atoms with Crippen molar-refractivity contribution in [3.63, 3.8) is 0 Å². The summed E-state index contributed by atoms with van der Waals surface area (Å²) in [6.45, 7) is 6.19. The largest absolute Gasteiger partial charge is 0.496 e. The van der Waals surface area contributed by atoms with Gasteiger partial charge < -0.3 is 24.3 Å². The molecular formula is C24H36N2O5. The highest BCUT2D eigenvalue weighted by Crippen LogP contribution is 2.40. The van der Waals surface area contributed by atoms with Crippen molar-refractivity contribution >= 4 is 5.91 Å². The van der Waals surface area contributed by atoms with Gasteiger partial charge in [0, 0.05) is 43.9 Å². The Bertz CT molecular complexity index is 769. The van der Waals surface area contributed by atoms with Gasteiger partial charge in [-0.05, 0) is 51.5 Å². The second-order valence-electron chi connectivity index (χ2n) is 9.07. The van der Waals surface area contributed by atoms with Crippen LogP contribution in [0.4, 0.5) is 0 Å². The molecule has 0 aromatic heterocycles. The van der Waals surface area contributed by atoms with E-state index < -0.39 is 0 Å². The van der Waals surface area contributed by atoms with E-state index in [1.54, 1.807) is 14.2 Å². The number of nitrogens with zero attached hydrogens (tertiary/aromatic N) is 1. The summed E-state index contributed by atoms with van der Waals surface area (Å²) in [5, 5.41) is 3.03. The van der Waals surface area contributed by atoms with Gasteiger partial charge in [0.15, 0.2) is 0 Å². The van der Waals surface area contributed by atoms with E-state index >= 15 is 0 Å². The van der Waals surface area contributed by atoms with Gasteiger partial charge in [0.2, 0.25) is 5.91 Å². The Balaban J connectivity index is 1.26. The molecule has 172 valence electrons. The number of hydrogen-bond acceptors (Lipinski definition) is 6. The smallest absolute Gasteiger partial charge is 0.249 e. The topological polar surface area (TPSA) is 69.3 Å². The fraction of sp³-hybridized carbons (Fsp3) is 0.708. The highest BCUT2D eigenvalue weighted by Gasteiger charge is 2.42. The maximum Gasteiger partial charge on any atom is 0.249 e. The molecule has 0 unspecified atom stereocenters. The molecule has 1 amide bonds. The average molecular weight is 433 g/mol. The predicted octanol–water partition coefficient (Wildman–Crippen LogP) is 2.82. The normalized spacial score (nSPS) is 25.6. The molecule has 0 radical (unpaired) electrons. The molecule has 1 aromatic carbocycles. The van der Waals surface area contributed by atoms with Crippen LogP contribution in [0.15, 0.2) is 12.1 Å². The van der Waals surface area contributed by atoms with Gasteiger partial charge in [0.1, 0.15) is 17.6 Å². The Morgan fingerprint density at radius 1 is 1.19 bits per heavy atom. The van der Waals surface area contributed by atoms with Crippen molar-refractivity contribution in [3.8, 4) is 11.5 Å². The first-order valence-electron chi connectivity index (χ1n) is 11.5. The summed E-state index contributed by atoms with van der Waals surface area (Å²) in [7, 11) is 3.41. The van der Waals surface area contributed by atoms with E-state index in [2.05, 4.69) is 16.3 Å². The minimum Gasteiger partial charge on any atom is -0.496 e. The maximum atomic E-state index is 12.2. The summed E-state index contributed by atoms with van der Waals surface area (Å²) in [5.41, 5.74) is 2.21. The van der Waals surface area contributed by atoms with Gasteiger partial charge in [-0.3, -0.25) is 9.69 Å². The lowest BCUT2D eigenvalue weighted by atomic mass is 9.88. The van der Waals surface area contributed by atoms with Gasteiger partial charge in [-0.1, -0.05) is 6.07 Å². The average Bonchev–Trinajstić information content (AvgIpc) is 3.45. The number of rotatable bonds is 7. The van der Waals surface area contributed by atoms with Crippen LogP contribution in [0.25, 0.3) is 0 Å². The van der Waals surface area contributed by atoms with E-state index in [1.807, 2.05) is 13.0 Å². The van der Waals surface area contributed by atoms with Crippen molar-refractivity contribution in [2.75, 3.05) is 40.5 Å². The second kappa shape index (κ2) is 9.76. The Labute approximate surface area is 185 Å². The number of amides is 1. The summed E-state index contributed by atoms with van der Waals surface area (Å²) in [6, 6.07) is 4.13. The van der Waals surface area contributed by atoms with Crippen LogP contribution in [0, 0.1) is 6.92 Å². The predicted molar refractivity (Wildman–Crippen MR) is 118 cm³/mol. The summed E-state index contributed by atoms with van der Waals surface area (Å²) in [4.78, 5) is 14.7. The monoisotopic (exact) mass is 432 g/mol. The highest BCUT2D eigenvalue weighted by molar-refractivity contribution is 5.80. The van der Waals surface area contributed by atoms with Gasteiger partial charge >= 0.3 is 0 Å². The summed E-state index contributed by atoms with van der Waals surface area (Å²) in [5.74, 6) is 1.79. The fourth-order valence-electron chi connectivity index (χ4n) is 5.24. The minimum absolute atomic E-state index is 0.0144. The molecule has 3 saturated heterocycles. The van der Waals surface area contributed by atoms with Gasteiger partial charge in [0.25, 0.3) is 0 Å². The number of methoxy groups -OCH3 is 2. The molecule has 0 aliphatic carbocycles. The molecule has 3 heterocycles. The van der Waals surface area contributed by atoms with Crippen molar-refractivity contribution < 1.29 is 23.7 Å². The number of likely N-dealkylation sites (tertiary alicyclic amines) is 1. The Morgan fingerprint density at radius 2 is 2.00 bits per heavy atom.